The van der Waals surface area contributed by atoms with E-state index in [0.29, 0.717) is 30.4 Å². The summed E-state index contributed by atoms with van der Waals surface area (Å²) in [5.41, 5.74) is 4.68. The molecule has 4 rings (SSSR count). The third kappa shape index (κ3) is 3.37. The van der Waals surface area contributed by atoms with Crippen molar-refractivity contribution >= 4 is 5.91 Å². The lowest BCUT2D eigenvalue weighted by Crippen LogP contribution is -2.35. The van der Waals surface area contributed by atoms with Crippen LogP contribution in [0.4, 0.5) is 0 Å². The molecule has 1 amide bonds. The number of aromatic nitrogens is 2. The molecule has 2 aliphatic rings. The van der Waals surface area contributed by atoms with Gasteiger partial charge in [0.15, 0.2) is 0 Å². The van der Waals surface area contributed by atoms with Gasteiger partial charge in [0.05, 0.1) is 6.04 Å². The van der Waals surface area contributed by atoms with Crippen molar-refractivity contribution in [1.29, 1.82) is 0 Å². The molecule has 0 saturated carbocycles. The van der Waals surface area contributed by atoms with E-state index >= 15 is 0 Å². The van der Waals surface area contributed by atoms with Crippen LogP contribution >= 0.6 is 0 Å². The molecule has 6 heteroatoms. The van der Waals surface area contributed by atoms with E-state index in [1.54, 1.807) is 0 Å². The first-order valence-corrected chi connectivity index (χ1v) is 10.1. The predicted octanol–water partition coefficient (Wildman–Crippen LogP) is 2.05. The van der Waals surface area contributed by atoms with Gasteiger partial charge in [0.2, 0.25) is 5.91 Å². The molecule has 28 heavy (non-hydrogen) atoms. The number of rotatable bonds is 4. The van der Waals surface area contributed by atoms with Gasteiger partial charge in [-0.3, -0.25) is 4.79 Å². The van der Waals surface area contributed by atoms with E-state index in [4.69, 9.17) is 0 Å². The van der Waals surface area contributed by atoms with Crippen molar-refractivity contribution in [3.05, 3.63) is 62.8 Å². The second kappa shape index (κ2) is 7.51. The van der Waals surface area contributed by atoms with Gasteiger partial charge in [0.25, 0.3) is 0 Å². The lowest BCUT2D eigenvalue weighted by atomic mass is 9.87. The minimum absolute atomic E-state index is 0.143. The Hall–Kier alpha value is -2.47. The molecular formula is C22H28N4O2. The smallest absolute Gasteiger partial charge is 0.335 e. The van der Waals surface area contributed by atoms with Crippen LogP contribution in [0, 0.1) is 32.6 Å². The number of fused-ring (bicyclic) bond motifs is 1. The summed E-state index contributed by atoms with van der Waals surface area (Å²) in [5, 5.41) is 3.50. The standard InChI is InChI=1S/C22H28N4O2/c1-13-6-4-5-7-17(13)21-19-11-23-10-16(19)12-26(21)20(27)9-8-18-14(2)24-22(28)25-15(18)3/h4-7,16,19,21,23H,8-12H2,1-3H3,(H,24,25,28)/t16-,19-,21+/m0/s1. The fourth-order valence-corrected chi connectivity index (χ4v) is 4.99. The summed E-state index contributed by atoms with van der Waals surface area (Å²) in [5.74, 6) is 1.18. The molecule has 0 spiro atoms. The molecule has 0 radical (unpaired) electrons. The Labute approximate surface area is 165 Å². The summed E-state index contributed by atoms with van der Waals surface area (Å²) >= 11 is 0. The number of benzene rings is 1. The van der Waals surface area contributed by atoms with E-state index in [-0.39, 0.29) is 17.6 Å². The zero-order valence-electron chi connectivity index (χ0n) is 16.8. The molecule has 3 atom stereocenters. The molecule has 2 fully saturated rings. The predicted molar refractivity (Wildman–Crippen MR) is 108 cm³/mol. The molecule has 1 aromatic carbocycles. The Morgan fingerprint density at radius 2 is 2.00 bits per heavy atom. The first kappa shape index (κ1) is 18.9. The van der Waals surface area contributed by atoms with Crippen molar-refractivity contribution in [3.8, 4) is 0 Å². The van der Waals surface area contributed by atoms with E-state index in [1.807, 2.05) is 13.8 Å². The molecule has 3 heterocycles. The number of amides is 1. The average Bonchev–Trinajstić information content (AvgIpc) is 3.22. The van der Waals surface area contributed by atoms with Crippen LogP contribution < -0.4 is 11.0 Å². The highest BCUT2D eigenvalue weighted by Gasteiger charge is 2.46. The number of H-pyrrole nitrogens is 1. The number of aryl methyl sites for hydroxylation is 3. The van der Waals surface area contributed by atoms with Gasteiger partial charge in [-0.05, 0) is 49.8 Å². The number of hydrogen-bond donors (Lipinski definition) is 2. The lowest BCUT2D eigenvalue weighted by Gasteiger charge is -2.30. The maximum atomic E-state index is 13.2. The SMILES string of the molecule is Cc1ccccc1[C@@H]1[C@H]2CNC[C@H]2CN1C(=O)CCc1c(C)nc(=O)[nH]c1C. The molecular weight excluding hydrogens is 352 g/mol. The third-order valence-electron chi connectivity index (χ3n) is 6.43. The number of hydrogen-bond acceptors (Lipinski definition) is 4. The van der Waals surface area contributed by atoms with Gasteiger partial charge in [0, 0.05) is 43.4 Å². The zero-order chi connectivity index (χ0) is 19.8. The van der Waals surface area contributed by atoms with Crippen molar-refractivity contribution in [2.45, 2.75) is 39.7 Å². The molecule has 148 valence electrons. The van der Waals surface area contributed by atoms with E-state index in [0.717, 1.165) is 30.9 Å². The van der Waals surface area contributed by atoms with Crippen LogP contribution in [0.1, 0.15) is 40.5 Å². The molecule has 0 aliphatic carbocycles. The normalized spacial score (nSPS) is 23.8. The third-order valence-corrected chi connectivity index (χ3v) is 6.43. The minimum atomic E-state index is -0.329. The molecule has 2 N–H and O–H groups in total. The highest BCUT2D eigenvalue weighted by Crippen LogP contribution is 2.43. The monoisotopic (exact) mass is 380 g/mol. The quantitative estimate of drug-likeness (QED) is 0.851. The fourth-order valence-electron chi connectivity index (χ4n) is 4.99. The maximum absolute atomic E-state index is 13.2. The van der Waals surface area contributed by atoms with E-state index in [9.17, 15) is 9.59 Å². The zero-order valence-corrected chi connectivity index (χ0v) is 16.8. The van der Waals surface area contributed by atoms with Gasteiger partial charge in [-0.15, -0.1) is 0 Å². The first-order valence-electron chi connectivity index (χ1n) is 10.1. The fraction of sp³-hybridized carbons (Fsp3) is 0.500. The van der Waals surface area contributed by atoms with Crippen LogP contribution in [0.5, 0.6) is 0 Å². The second-order valence-corrected chi connectivity index (χ2v) is 8.16. The summed E-state index contributed by atoms with van der Waals surface area (Å²) in [6, 6.07) is 8.57. The van der Waals surface area contributed by atoms with E-state index in [2.05, 4.69) is 51.4 Å². The lowest BCUT2D eigenvalue weighted by molar-refractivity contribution is -0.132. The van der Waals surface area contributed by atoms with Gasteiger partial charge in [0.1, 0.15) is 0 Å². The Morgan fingerprint density at radius 3 is 2.75 bits per heavy atom. The number of nitrogens with zero attached hydrogens (tertiary/aromatic N) is 2. The van der Waals surface area contributed by atoms with Gasteiger partial charge in [-0.1, -0.05) is 24.3 Å². The number of likely N-dealkylation sites (tertiary alicyclic amines) is 1. The minimum Gasteiger partial charge on any atom is -0.335 e. The van der Waals surface area contributed by atoms with Crippen molar-refractivity contribution in [3.63, 3.8) is 0 Å². The summed E-state index contributed by atoms with van der Waals surface area (Å²) in [7, 11) is 0. The van der Waals surface area contributed by atoms with Crippen molar-refractivity contribution in [2.24, 2.45) is 11.8 Å². The average molecular weight is 380 g/mol. The van der Waals surface area contributed by atoms with Crippen molar-refractivity contribution in [1.82, 2.24) is 20.2 Å². The Bertz CT molecular complexity index is 926. The molecule has 2 saturated heterocycles. The Kier molecular flexibility index (Phi) is 5.06. The van der Waals surface area contributed by atoms with Crippen LogP contribution in [-0.2, 0) is 11.2 Å². The van der Waals surface area contributed by atoms with E-state index < -0.39 is 0 Å². The van der Waals surface area contributed by atoms with Gasteiger partial charge < -0.3 is 15.2 Å². The highest BCUT2D eigenvalue weighted by molar-refractivity contribution is 5.77. The molecule has 6 nitrogen and oxygen atoms in total. The van der Waals surface area contributed by atoms with Crippen molar-refractivity contribution < 1.29 is 4.79 Å². The van der Waals surface area contributed by atoms with Gasteiger partial charge in [-0.25, -0.2) is 4.79 Å². The van der Waals surface area contributed by atoms with Crippen LogP contribution in [0.3, 0.4) is 0 Å². The van der Waals surface area contributed by atoms with Crippen LogP contribution in [0.15, 0.2) is 29.1 Å². The number of carbonyl (C=O) groups is 1. The number of aromatic amines is 1. The number of nitrogens with one attached hydrogen (secondary N) is 2. The first-order chi connectivity index (χ1) is 13.5. The Balaban J connectivity index is 1.56. The van der Waals surface area contributed by atoms with Crippen molar-refractivity contribution in [2.75, 3.05) is 19.6 Å². The molecule has 2 aliphatic heterocycles. The van der Waals surface area contributed by atoms with Gasteiger partial charge >= 0.3 is 5.69 Å². The molecule has 2 aromatic rings. The summed E-state index contributed by atoms with van der Waals surface area (Å²) < 4.78 is 0. The number of carbonyl (C=O) groups excluding carboxylic acids is 1. The molecule has 0 bridgehead atoms. The molecule has 0 unspecified atom stereocenters. The largest absolute Gasteiger partial charge is 0.345 e. The highest BCUT2D eigenvalue weighted by atomic mass is 16.2. The topological polar surface area (TPSA) is 78.1 Å². The van der Waals surface area contributed by atoms with Crippen LogP contribution in [-0.4, -0.2) is 40.4 Å². The summed E-state index contributed by atoms with van der Waals surface area (Å²) in [4.78, 5) is 33.6. The van der Waals surface area contributed by atoms with Crippen LogP contribution in [0.25, 0.3) is 0 Å². The van der Waals surface area contributed by atoms with E-state index in [1.165, 1.54) is 11.1 Å². The summed E-state index contributed by atoms with van der Waals surface area (Å²) in [6.45, 7) is 8.61. The molecule has 1 aromatic heterocycles. The second-order valence-electron chi connectivity index (χ2n) is 8.16. The maximum Gasteiger partial charge on any atom is 0.345 e. The van der Waals surface area contributed by atoms with Crippen LogP contribution in [0.2, 0.25) is 0 Å². The Morgan fingerprint density at radius 1 is 1.21 bits per heavy atom. The van der Waals surface area contributed by atoms with Gasteiger partial charge in [-0.2, -0.15) is 4.98 Å². The summed E-state index contributed by atoms with van der Waals surface area (Å²) in [6.07, 6.45) is 1.04.